The van der Waals surface area contributed by atoms with Gasteiger partial charge in [-0.05, 0) is 37.1 Å². The molecule has 0 aliphatic rings. The standard InChI is InChI=1S/C17H22N2O/c1-4-18-16(12-14-9-6-5-8-13(14)2)15-10-7-11-19-17(15)20-3/h5-11,16,18H,4,12H2,1-3H3. The zero-order valence-electron chi connectivity index (χ0n) is 12.4. The first-order valence-electron chi connectivity index (χ1n) is 7.03. The SMILES string of the molecule is CCNC(Cc1ccccc1C)c1cccnc1OC. The number of pyridine rings is 1. The highest BCUT2D eigenvalue weighted by Gasteiger charge is 2.17. The second kappa shape index (κ2) is 7.06. The number of ether oxygens (including phenoxy) is 1. The maximum absolute atomic E-state index is 5.39. The van der Waals surface area contributed by atoms with Crippen LogP contribution in [0.25, 0.3) is 0 Å². The molecule has 1 aromatic heterocycles. The van der Waals surface area contributed by atoms with Gasteiger partial charge in [-0.15, -0.1) is 0 Å². The smallest absolute Gasteiger partial charge is 0.217 e. The fourth-order valence-corrected chi connectivity index (χ4v) is 2.44. The Morgan fingerprint density at radius 1 is 1.20 bits per heavy atom. The first-order chi connectivity index (χ1) is 9.76. The number of nitrogens with one attached hydrogen (secondary N) is 1. The average Bonchev–Trinajstić information content (AvgIpc) is 2.49. The van der Waals surface area contributed by atoms with Gasteiger partial charge in [0, 0.05) is 17.8 Å². The third kappa shape index (κ3) is 3.36. The quantitative estimate of drug-likeness (QED) is 0.874. The number of likely N-dealkylation sites (N-methyl/N-ethyl adjacent to an activating group) is 1. The van der Waals surface area contributed by atoms with E-state index in [-0.39, 0.29) is 6.04 Å². The molecule has 3 nitrogen and oxygen atoms in total. The molecule has 2 aromatic rings. The lowest BCUT2D eigenvalue weighted by molar-refractivity contribution is 0.382. The van der Waals surface area contributed by atoms with Crippen LogP contribution in [0.1, 0.15) is 29.7 Å². The van der Waals surface area contributed by atoms with Crippen molar-refractivity contribution in [2.24, 2.45) is 0 Å². The molecule has 1 aromatic carbocycles. The van der Waals surface area contributed by atoms with Gasteiger partial charge in [-0.2, -0.15) is 0 Å². The summed E-state index contributed by atoms with van der Waals surface area (Å²) < 4.78 is 5.39. The van der Waals surface area contributed by atoms with Crippen LogP contribution in [0, 0.1) is 6.92 Å². The maximum atomic E-state index is 5.39. The predicted octanol–water partition coefficient (Wildman–Crippen LogP) is 3.29. The van der Waals surface area contributed by atoms with E-state index in [0.29, 0.717) is 5.88 Å². The first-order valence-corrected chi connectivity index (χ1v) is 7.03. The summed E-state index contributed by atoms with van der Waals surface area (Å²) in [5, 5.41) is 3.53. The maximum Gasteiger partial charge on any atom is 0.217 e. The Morgan fingerprint density at radius 3 is 2.70 bits per heavy atom. The van der Waals surface area contributed by atoms with Crippen molar-refractivity contribution in [3.05, 3.63) is 59.3 Å². The Bertz CT molecular complexity index is 554. The van der Waals surface area contributed by atoms with Crippen LogP contribution in [-0.4, -0.2) is 18.6 Å². The number of benzene rings is 1. The van der Waals surface area contributed by atoms with Crippen LogP contribution >= 0.6 is 0 Å². The third-order valence-corrected chi connectivity index (χ3v) is 3.51. The molecule has 0 saturated heterocycles. The van der Waals surface area contributed by atoms with Crippen molar-refractivity contribution < 1.29 is 4.74 Å². The van der Waals surface area contributed by atoms with Crippen LogP contribution in [0.3, 0.4) is 0 Å². The molecule has 1 heterocycles. The molecule has 0 amide bonds. The molecule has 3 heteroatoms. The molecule has 0 radical (unpaired) electrons. The number of aromatic nitrogens is 1. The second-order valence-electron chi connectivity index (χ2n) is 4.84. The summed E-state index contributed by atoms with van der Waals surface area (Å²) in [6, 6.07) is 12.8. The number of methoxy groups -OCH3 is 1. The van der Waals surface area contributed by atoms with Gasteiger partial charge in [-0.3, -0.25) is 0 Å². The van der Waals surface area contributed by atoms with Gasteiger partial charge in [0.2, 0.25) is 5.88 Å². The lowest BCUT2D eigenvalue weighted by Gasteiger charge is -2.21. The van der Waals surface area contributed by atoms with E-state index in [1.807, 2.05) is 6.07 Å². The van der Waals surface area contributed by atoms with Crippen molar-refractivity contribution in [1.29, 1.82) is 0 Å². The van der Waals surface area contributed by atoms with E-state index in [2.05, 4.69) is 54.5 Å². The molecule has 1 atom stereocenters. The van der Waals surface area contributed by atoms with Gasteiger partial charge in [0.15, 0.2) is 0 Å². The summed E-state index contributed by atoms with van der Waals surface area (Å²) in [6.07, 6.45) is 2.70. The highest BCUT2D eigenvalue weighted by molar-refractivity contribution is 5.33. The van der Waals surface area contributed by atoms with E-state index in [4.69, 9.17) is 4.74 Å². The first kappa shape index (κ1) is 14.5. The molecular formula is C17H22N2O. The van der Waals surface area contributed by atoms with E-state index >= 15 is 0 Å². The minimum Gasteiger partial charge on any atom is -0.481 e. The van der Waals surface area contributed by atoms with Crippen LogP contribution in [0.15, 0.2) is 42.6 Å². The fourth-order valence-electron chi connectivity index (χ4n) is 2.44. The number of aryl methyl sites for hydroxylation is 1. The van der Waals surface area contributed by atoms with Crippen molar-refractivity contribution in [3.63, 3.8) is 0 Å². The van der Waals surface area contributed by atoms with E-state index in [1.165, 1.54) is 11.1 Å². The number of nitrogens with zero attached hydrogens (tertiary/aromatic N) is 1. The normalized spacial score (nSPS) is 12.2. The summed E-state index contributed by atoms with van der Waals surface area (Å²) >= 11 is 0. The largest absolute Gasteiger partial charge is 0.481 e. The van der Waals surface area contributed by atoms with Crippen LogP contribution < -0.4 is 10.1 Å². The minimum atomic E-state index is 0.213. The minimum absolute atomic E-state index is 0.213. The topological polar surface area (TPSA) is 34.2 Å². The Balaban J connectivity index is 2.29. The van der Waals surface area contributed by atoms with Crippen LogP contribution in [0.5, 0.6) is 5.88 Å². The van der Waals surface area contributed by atoms with Gasteiger partial charge < -0.3 is 10.1 Å². The van der Waals surface area contributed by atoms with Gasteiger partial charge >= 0.3 is 0 Å². The fraction of sp³-hybridized carbons (Fsp3) is 0.353. The van der Waals surface area contributed by atoms with E-state index < -0.39 is 0 Å². The van der Waals surface area contributed by atoms with Gasteiger partial charge in [-0.1, -0.05) is 37.3 Å². The summed E-state index contributed by atoms with van der Waals surface area (Å²) in [5.41, 5.74) is 3.78. The summed E-state index contributed by atoms with van der Waals surface area (Å²) in [7, 11) is 1.67. The lowest BCUT2D eigenvalue weighted by atomic mass is 9.96. The molecule has 1 N–H and O–H groups in total. The van der Waals surface area contributed by atoms with Crippen LogP contribution in [0.2, 0.25) is 0 Å². The molecule has 0 fully saturated rings. The van der Waals surface area contributed by atoms with Crippen LogP contribution in [-0.2, 0) is 6.42 Å². The summed E-state index contributed by atoms with van der Waals surface area (Å²) in [6.45, 7) is 5.18. The van der Waals surface area contributed by atoms with Crippen molar-refractivity contribution in [3.8, 4) is 5.88 Å². The molecule has 1 unspecified atom stereocenters. The molecule has 0 bridgehead atoms. The Kier molecular flexibility index (Phi) is 5.13. The molecule has 2 rings (SSSR count). The highest BCUT2D eigenvalue weighted by atomic mass is 16.5. The molecular weight excluding hydrogens is 248 g/mol. The lowest BCUT2D eigenvalue weighted by Crippen LogP contribution is -2.24. The van der Waals surface area contributed by atoms with E-state index in [1.54, 1.807) is 13.3 Å². The third-order valence-electron chi connectivity index (χ3n) is 3.51. The summed E-state index contributed by atoms with van der Waals surface area (Å²) in [5.74, 6) is 0.701. The van der Waals surface area contributed by atoms with Gasteiger partial charge in [0.1, 0.15) is 0 Å². The van der Waals surface area contributed by atoms with Gasteiger partial charge in [0.05, 0.1) is 7.11 Å². The highest BCUT2D eigenvalue weighted by Crippen LogP contribution is 2.26. The van der Waals surface area contributed by atoms with Crippen molar-refractivity contribution in [1.82, 2.24) is 10.3 Å². The van der Waals surface area contributed by atoms with Crippen LogP contribution in [0.4, 0.5) is 0 Å². The van der Waals surface area contributed by atoms with E-state index in [9.17, 15) is 0 Å². The van der Waals surface area contributed by atoms with Gasteiger partial charge in [0.25, 0.3) is 0 Å². The molecule has 0 saturated carbocycles. The Hall–Kier alpha value is -1.87. The second-order valence-corrected chi connectivity index (χ2v) is 4.84. The zero-order valence-corrected chi connectivity index (χ0v) is 12.4. The zero-order chi connectivity index (χ0) is 14.4. The molecule has 0 aliphatic heterocycles. The van der Waals surface area contributed by atoms with Crippen molar-refractivity contribution >= 4 is 0 Å². The number of rotatable bonds is 6. The molecule has 0 spiro atoms. The van der Waals surface area contributed by atoms with Gasteiger partial charge in [-0.25, -0.2) is 4.98 Å². The van der Waals surface area contributed by atoms with Crippen molar-refractivity contribution in [2.75, 3.05) is 13.7 Å². The average molecular weight is 270 g/mol. The summed E-state index contributed by atoms with van der Waals surface area (Å²) in [4.78, 5) is 4.30. The molecule has 20 heavy (non-hydrogen) atoms. The Labute approximate surface area is 121 Å². The number of hydrogen-bond acceptors (Lipinski definition) is 3. The molecule has 106 valence electrons. The molecule has 0 aliphatic carbocycles. The van der Waals surface area contributed by atoms with Crippen molar-refractivity contribution in [2.45, 2.75) is 26.3 Å². The Morgan fingerprint density at radius 2 is 2.00 bits per heavy atom. The predicted molar refractivity (Wildman–Crippen MR) is 82.1 cm³/mol. The monoisotopic (exact) mass is 270 g/mol. The number of hydrogen-bond donors (Lipinski definition) is 1. The van der Waals surface area contributed by atoms with E-state index in [0.717, 1.165) is 18.5 Å².